The van der Waals surface area contributed by atoms with E-state index in [2.05, 4.69) is 54.3 Å². The van der Waals surface area contributed by atoms with Crippen LogP contribution in [0.2, 0.25) is 0 Å². The summed E-state index contributed by atoms with van der Waals surface area (Å²) in [5, 5.41) is 5.51. The van der Waals surface area contributed by atoms with Gasteiger partial charge >= 0.3 is 0 Å². The Morgan fingerprint density at radius 3 is 2.50 bits per heavy atom. The Morgan fingerprint density at radius 1 is 0.714 bits per heavy atom. The first-order valence-electron chi connectivity index (χ1n) is 4.68. The van der Waals surface area contributed by atoms with E-state index in [1.54, 1.807) is 0 Å². The maximum Gasteiger partial charge on any atom is 0.0169 e. The Kier molecular flexibility index (Phi) is 1.75. The normalized spacial score (nSPS) is 11.4. The van der Waals surface area contributed by atoms with Crippen molar-refractivity contribution in [3.8, 4) is 0 Å². The molecule has 66 valence electrons. The van der Waals surface area contributed by atoms with Gasteiger partial charge < -0.3 is 0 Å². The molecule has 0 nitrogen and oxygen atoms in total. The fraction of sp³-hybridized carbons (Fsp3) is 0. The van der Waals surface area contributed by atoms with Crippen LogP contribution in [-0.2, 0) is 0 Å². The van der Waals surface area contributed by atoms with E-state index < -0.39 is 0 Å². The minimum atomic E-state index is 1.31. The highest BCUT2D eigenvalue weighted by molar-refractivity contribution is 7.36. The summed E-state index contributed by atoms with van der Waals surface area (Å²) in [5.74, 6) is 2.19. The van der Waals surface area contributed by atoms with Crippen LogP contribution in [0.1, 0.15) is 0 Å². The first-order chi connectivity index (χ1) is 6.95. The smallest absolute Gasteiger partial charge is 0.0169 e. The summed E-state index contributed by atoms with van der Waals surface area (Å²) in [6, 6.07) is 17.3. The van der Waals surface area contributed by atoms with Crippen LogP contribution in [0.3, 0.4) is 0 Å². The average molecular weight is 196 g/mol. The Morgan fingerprint density at radius 2 is 1.50 bits per heavy atom. The Labute approximate surface area is 84.3 Å². The van der Waals surface area contributed by atoms with Crippen LogP contribution in [0.15, 0.2) is 54.3 Å². The number of fused-ring (bicyclic) bond motifs is 3. The van der Waals surface area contributed by atoms with E-state index >= 15 is 0 Å². The van der Waals surface area contributed by atoms with E-state index in [1.807, 2.05) is 0 Å². The molecule has 0 unspecified atom stereocenters. The largest absolute Gasteiger partial charge is 0.0672 e. The zero-order valence-electron chi connectivity index (χ0n) is 7.64. The molecule has 0 saturated heterocycles. The van der Waals surface area contributed by atoms with Crippen LogP contribution >= 0.6 is 8.19 Å². The standard InChI is InChI=1S/C13H9P/c1-2-6-12-10(4-1)7-8-11-5-3-9-14-13(11)12/h1-9H. The zero-order valence-corrected chi connectivity index (χ0v) is 8.54. The van der Waals surface area contributed by atoms with Gasteiger partial charge in [0.15, 0.2) is 0 Å². The van der Waals surface area contributed by atoms with Gasteiger partial charge in [0, 0.05) is 5.12 Å². The van der Waals surface area contributed by atoms with Crippen LogP contribution in [0, 0.1) is 0 Å². The lowest BCUT2D eigenvalue weighted by molar-refractivity contribution is 1.81. The Balaban J connectivity index is 2.61. The third-order valence-corrected chi connectivity index (χ3v) is 3.58. The van der Waals surface area contributed by atoms with Crippen LogP contribution in [0.25, 0.3) is 21.3 Å². The van der Waals surface area contributed by atoms with Gasteiger partial charge in [0.05, 0.1) is 0 Å². The number of rotatable bonds is 0. The third kappa shape index (κ3) is 1.12. The Hall–Kier alpha value is -1.39. The molecule has 0 saturated carbocycles. The SMILES string of the molecule is c1ccc2c(c1)ccc1cccpc12. The molecule has 3 aromatic rings. The van der Waals surface area contributed by atoms with Crippen molar-refractivity contribution in [1.82, 2.24) is 0 Å². The zero-order chi connectivity index (χ0) is 9.38. The van der Waals surface area contributed by atoms with Gasteiger partial charge in [-0.25, -0.2) is 0 Å². The highest BCUT2D eigenvalue weighted by atomic mass is 31.0. The van der Waals surface area contributed by atoms with Gasteiger partial charge in [0.25, 0.3) is 0 Å². The second kappa shape index (κ2) is 3.08. The highest BCUT2D eigenvalue weighted by Gasteiger charge is 1.97. The van der Waals surface area contributed by atoms with Crippen molar-refractivity contribution in [2.45, 2.75) is 0 Å². The van der Waals surface area contributed by atoms with Gasteiger partial charge in [-0.1, -0.05) is 56.7 Å². The maximum atomic E-state index is 2.20. The van der Waals surface area contributed by atoms with Crippen LogP contribution in [0.4, 0.5) is 0 Å². The van der Waals surface area contributed by atoms with Gasteiger partial charge in [0.1, 0.15) is 0 Å². The monoisotopic (exact) mass is 196 g/mol. The second-order valence-electron chi connectivity index (χ2n) is 3.36. The fourth-order valence-corrected chi connectivity index (χ4v) is 2.78. The summed E-state index contributed by atoms with van der Waals surface area (Å²) in [6.07, 6.45) is 0. The molecule has 0 radical (unpaired) electrons. The molecule has 0 N–H and O–H groups in total. The molecule has 0 bridgehead atoms. The van der Waals surface area contributed by atoms with Crippen molar-refractivity contribution in [3.63, 3.8) is 0 Å². The molecular formula is C13H9P. The topological polar surface area (TPSA) is 0 Å². The molecule has 0 spiro atoms. The first-order valence-corrected chi connectivity index (χ1v) is 5.64. The molecule has 1 heterocycles. The van der Waals surface area contributed by atoms with Gasteiger partial charge in [-0.15, -0.1) is 0 Å². The summed E-state index contributed by atoms with van der Waals surface area (Å²) in [5.41, 5.74) is 0. The van der Waals surface area contributed by atoms with Crippen LogP contribution in [0.5, 0.6) is 0 Å². The summed E-state index contributed by atoms with van der Waals surface area (Å²) in [6.45, 7) is 0. The molecule has 0 aliphatic rings. The summed E-state index contributed by atoms with van der Waals surface area (Å²) >= 11 is 0. The van der Waals surface area contributed by atoms with Gasteiger partial charge in [-0.05, 0) is 22.0 Å². The molecule has 1 aromatic heterocycles. The van der Waals surface area contributed by atoms with E-state index in [1.165, 1.54) is 29.5 Å². The van der Waals surface area contributed by atoms with Crippen molar-refractivity contribution < 1.29 is 0 Å². The van der Waals surface area contributed by atoms with E-state index in [9.17, 15) is 0 Å². The van der Waals surface area contributed by atoms with Crippen molar-refractivity contribution >= 4 is 29.5 Å². The van der Waals surface area contributed by atoms with Gasteiger partial charge in [0.2, 0.25) is 0 Å². The first kappa shape index (κ1) is 7.96. The van der Waals surface area contributed by atoms with Crippen LogP contribution < -0.4 is 0 Å². The summed E-state index contributed by atoms with van der Waals surface area (Å²) < 4.78 is 0. The van der Waals surface area contributed by atoms with Crippen molar-refractivity contribution in [3.05, 3.63) is 54.3 Å². The number of benzene rings is 2. The van der Waals surface area contributed by atoms with Gasteiger partial charge in [-0.3, -0.25) is 0 Å². The third-order valence-electron chi connectivity index (χ3n) is 2.50. The maximum absolute atomic E-state index is 2.20. The quantitative estimate of drug-likeness (QED) is 0.462. The predicted molar refractivity (Wildman–Crippen MR) is 64.0 cm³/mol. The lowest BCUT2D eigenvalue weighted by Gasteiger charge is -2.01. The van der Waals surface area contributed by atoms with Crippen LogP contribution in [-0.4, -0.2) is 0 Å². The minimum Gasteiger partial charge on any atom is -0.0672 e. The molecule has 0 amide bonds. The molecule has 0 aliphatic carbocycles. The molecule has 0 atom stereocenters. The van der Waals surface area contributed by atoms with E-state index in [0.717, 1.165) is 0 Å². The predicted octanol–water partition coefficient (Wildman–Crippen LogP) is 4.57. The minimum absolute atomic E-state index is 1.31. The molecule has 3 rings (SSSR count). The number of hydrogen-bond donors (Lipinski definition) is 0. The fourth-order valence-electron chi connectivity index (χ4n) is 1.81. The molecule has 0 aliphatic heterocycles. The van der Waals surface area contributed by atoms with Crippen molar-refractivity contribution in [2.75, 3.05) is 0 Å². The second-order valence-corrected chi connectivity index (χ2v) is 4.37. The van der Waals surface area contributed by atoms with Crippen molar-refractivity contribution in [1.29, 1.82) is 0 Å². The van der Waals surface area contributed by atoms with Crippen molar-refractivity contribution in [2.24, 2.45) is 0 Å². The number of hydrogen-bond acceptors (Lipinski definition) is 0. The van der Waals surface area contributed by atoms with E-state index in [-0.39, 0.29) is 0 Å². The summed E-state index contributed by atoms with van der Waals surface area (Å²) in [7, 11) is 1.31. The van der Waals surface area contributed by atoms with Gasteiger partial charge in [-0.2, -0.15) is 0 Å². The molecule has 0 fully saturated rings. The van der Waals surface area contributed by atoms with E-state index in [0.29, 0.717) is 0 Å². The lowest BCUT2D eigenvalue weighted by atomic mass is 10.1. The average Bonchev–Trinajstić information content (AvgIpc) is 2.29. The van der Waals surface area contributed by atoms with E-state index in [4.69, 9.17) is 0 Å². The lowest BCUT2D eigenvalue weighted by Crippen LogP contribution is -1.72. The molecule has 14 heavy (non-hydrogen) atoms. The molecular weight excluding hydrogens is 187 g/mol. The molecule has 2 aromatic carbocycles. The Bertz CT molecular complexity index is 544. The highest BCUT2D eigenvalue weighted by Crippen LogP contribution is 2.30. The molecule has 1 heteroatoms. The summed E-state index contributed by atoms with van der Waals surface area (Å²) in [4.78, 5) is 0.